The number of amides is 1. The molecule has 0 aliphatic carbocycles. The Balaban J connectivity index is 1.46. The van der Waals surface area contributed by atoms with Crippen molar-refractivity contribution in [1.29, 1.82) is 0 Å². The minimum atomic E-state index is -0.0495. The van der Waals surface area contributed by atoms with Crippen LogP contribution < -0.4 is 11.3 Å². The van der Waals surface area contributed by atoms with Crippen molar-refractivity contribution in [3.63, 3.8) is 0 Å². The Morgan fingerprint density at radius 1 is 1.05 bits per heavy atom. The van der Waals surface area contributed by atoms with E-state index in [1.165, 1.54) is 0 Å². The van der Waals surface area contributed by atoms with E-state index >= 15 is 0 Å². The molecule has 2 N–H and O–H groups in total. The number of hydrogen-bond acceptors (Lipinski definition) is 5. The zero-order valence-electron chi connectivity index (χ0n) is 23.6. The van der Waals surface area contributed by atoms with Crippen LogP contribution in [0.5, 0.6) is 0 Å². The molecule has 0 bridgehead atoms. The lowest BCUT2D eigenvalue weighted by molar-refractivity contribution is -0.127. The summed E-state index contributed by atoms with van der Waals surface area (Å²) < 4.78 is 3.64. The van der Waals surface area contributed by atoms with Crippen molar-refractivity contribution in [2.75, 3.05) is 13.1 Å². The van der Waals surface area contributed by atoms with Gasteiger partial charge in [-0.2, -0.15) is 0 Å². The van der Waals surface area contributed by atoms with Crippen LogP contribution in [0.1, 0.15) is 50.2 Å². The molecule has 8 nitrogen and oxygen atoms in total. The van der Waals surface area contributed by atoms with E-state index in [0.29, 0.717) is 29.8 Å². The largest absolute Gasteiger partial charge is 0.387 e. The van der Waals surface area contributed by atoms with Gasteiger partial charge < -0.3 is 19.8 Å². The van der Waals surface area contributed by atoms with Gasteiger partial charge in [0.15, 0.2) is 0 Å². The lowest BCUT2D eigenvalue weighted by Crippen LogP contribution is -2.34. The second kappa shape index (κ2) is 11.3. The number of aliphatic imine (C=N–C) groups is 1. The Hall–Kier alpha value is -4.46. The van der Waals surface area contributed by atoms with Gasteiger partial charge in [0.05, 0.1) is 17.9 Å². The van der Waals surface area contributed by atoms with Gasteiger partial charge in [0.2, 0.25) is 5.91 Å². The van der Waals surface area contributed by atoms with Gasteiger partial charge in [0.1, 0.15) is 11.7 Å². The highest BCUT2D eigenvalue weighted by molar-refractivity contribution is 6.05. The fourth-order valence-corrected chi connectivity index (χ4v) is 5.32. The number of pyridine rings is 1. The van der Waals surface area contributed by atoms with E-state index in [-0.39, 0.29) is 11.5 Å². The lowest BCUT2D eigenvalue weighted by Gasteiger charge is -2.22. The molecule has 0 radical (unpaired) electrons. The molecule has 0 unspecified atom stereocenters. The second-order valence-corrected chi connectivity index (χ2v) is 10.5. The lowest BCUT2D eigenvalue weighted by atomic mass is 9.99. The number of carbonyl (C=O) groups excluding carboxylic acids is 1. The van der Waals surface area contributed by atoms with Gasteiger partial charge in [-0.3, -0.25) is 9.59 Å². The van der Waals surface area contributed by atoms with Crippen molar-refractivity contribution in [2.24, 2.45) is 17.8 Å². The molecule has 3 heterocycles. The Labute approximate surface area is 234 Å². The summed E-state index contributed by atoms with van der Waals surface area (Å²) in [6.45, 7) is 7.97. The number of fused-ring (bicyclic) bond motifs is 2. The van der Waals surface area contributed by atoms with E-state index in [1.54, 1.807) is 4.57 Å². The first-order valence-electron chi connectivity index (χ1n) is 13.9. The molecule has 8 heteroatoms. The predicted octanol–water partition coefficient (Wildman–Crippen LogP) is 5.18. The summed E-state index contributed by atoms with van der Waals surface area (Å²) >= 11 is 0. The van der Waals surface area contributed by atoms with Crippen LogP contribution in [0.15, 0.2) is 70.2 Å². The number of aromatic nitrogens is 3. The van der Waals surface area contributed by atoms with Crippen LogP contribution in [0.4, 0.5) is 5.69 Å². The highest BCUT2D eigenvalue weighted by Crippen LogP contribution is 2.33. The number of imidazole rings is 1. The van der Waals surface area contributed by atoms with Crippen molar-refractivity contribution < 1.29 is 4.79 Å². The molecule has 40 heavy (non-hydrogen) atoms. The van der Waals surface area contributed by atoms with Crippen molar-refractivity contribution in [2.45, 2.75) is 46.6 Å². The van der Waals surface area contributed by atoms with Crippen LogP contribution in [0.2, 0.25) is 0 Å². The molecule has 2 aromatic heterocycles. The van der Waals surface area contributed by atoms with E-state index in [4.69, 9.17) is 5.73 Å². The van der Waals surface area contributed by atoms with Gasteiger partial charge in [-0.05, 0) is 66.6 Å². The zero-order valence-corrected chi connectivity index (χ0v) is 23.6. The fourth-order valence-electron chi connectivity index (χ4n) is 5.32. The van der Waals surface area contributed by atoms with E-state index in [0.717, 1.165) is 65.2 Å². The summed E-state index contributed by atoms with van der Waals surface area (Å²) in [6, 6.07) is 13.8. The summed E-state index contributed by atoms with van der Waals surface area (Å²) in [5, 5.41) is 1.52. The highest BCUT2D eigenvalue weighted by Gasteiger charge is 2.21. The molecule has 206 valence electrons. The molecule has 1 aliphatic heterocycles. The number of nitrogens with zero attached hydrogens (tertiary/aromatic N) is 5. The molecule has 0 spiro atoms. The molecular weight excluding hydrogens is 500 g/mol. The first-order chi connectivity index (χ1) is 19.3. The van der Waals surface area contributed by atoms with Gasteiger partial charge in [-0.1, -0.05) is 32.0 Å². The Bertz CT molecular complexity index is 1700. The maximum absolute atomic E-state index is 13.3. The van der Waals surface area contributed by atoms with E-state index in [1.807, 2.05) is 84.4 Å². The van der Waals surface area contributed by atoms with E-state index in [9.17, 15) is 9.59 Å². The quantitative estimate of drug-likeness (QED) is 0.335. The summed E-state index contributed by atoms with van der Waals surface area (Å²) in [5.74, 6) is 1.28. The molecule has 0 saturated carbocycles. The molecule has 0 fully saturated rings. The fraction of sp³-hybridized carbons (Fsp3) is 0.312. The maximum atomic E-state index is 13.3. The monoisotopic (exact) mass is 536 g/mol. The highest BCUT2D eigenvalue weighted by atomic mass is 16.2. The number of carbonyl (C=O) groups is 1. The number of hydrogen-bond donors (Lipinski definition) is 1. The summed E-state index contributed by atoms with van der Waals surface area (Å²) in [4.78, 5) is 37.6. The summed E-state index contributed by atoms with van der Waals surface area (Å²) in [7, 11) is 1.94. The Kier molecular flexibility index (Phi) is 7.69. The maximum Gasteiger partial charge on any atom is 0.258 e. The number of rotatable bonds is 8. The Morgan fingerprint density at radius 2 is 1.77 bits per heavy atom. The smallest absolute Gasteiger partial charge is 0.258 e. The van der Waals surface area contributed by atoms with Crippen molar-refractivity contribution in [3.05, 3.63) is 87.9 Å². The average molecular weight is 537 g/mol. The molecule has 4 aromatic rings. The first kappa shape index (κ1) is 27.1. The van der Waals surface area contributed by atoms with Gasteiger partial charge in [0.25, 0.3) is 5.56 Å². The molecule has 0 atom stereocenters. The van der Waals surface area contributed by atoms with Crippen LogP contribution in [0.25, 0.3) is 28.0 Å². The van der Waals surface area contributed by atoms with Gasteiger partial charge >= 0.3 is 0 Å². The van der Waals surface area contributed by atoms with E-state index in [2.05, 4.69) is 23.8 Å². The molecule has 0 saturated heterocycles. The van der Waals surface area contributed by atoms with Gasteiger partial charge in [-0.15, -0.1) is 0 Å². The average Bonchev–Trinajstić information content (AvgIpc) is 3.15. The Morgan fingerprint density at radius 3 is 2.48 bits per heavy atom. The molecule has 1 amide bonds. The van der Waals surface area contributed by atoms with Crippen molar-refractivity contribution >= 4 is 34.3 Å². The predicted molar refractivity (Wildman–Crippen MR) is 162 cm³/mol. The van der Waals surface area contributed by atoms with Crippen LogP contribution in [0, 0.1) is 6.92 Å². The third-order valence-electron chi connectivity index (χ3n) is 7.26. The van der Waals surface area contributed by atoms with Crippen LogP contribution in [0.3, 0.4) is 0 Å². The normalized spacial score (nSPS) is 13.0. The standard InChI is InChI=1S/C32H36N6O2/c1-5-12-37(13-6-2)31(39)26-16-25-8-7-23(17-28(25)35-29(33)18-26)22-9-10-27-24(15-22)11-14-38(32(27)40)20-30-34-21(3)19-36(30)4/h7-11,14-17,19H,5-6,12-13,18,20H2,1-4H3,(H2,33,35). The summed E-state index contributed by atoms with van der Waals surface area (Å²) in [5.41, 5.74) is 11.4. The number of aryl methyl sites for hydroxylation is 2. The minimum Gasteiger partial charge on any atom is -0.387 e. The molecule has 2 aromatic carbocycles. The third-order valence-corrected chi connectivity index (χ3v) is 7.26. The van der Waals surface area contributed by atoms with Crippen LogP contribution in [-0.2, 0) is 18.4 Å². The van der Waals surface area contributed by atoms with Gasteiger partial charge in [0, 0.05) is 55.5 Å². The van der Waals surface area contributed by atoms with Crippen LogP contribution in [-0.4, -0.2) is 43.9 Å². The molecule has 1 aliphatic rings. The second-order valence-electron chi connectivity index (χ2n) is 10.5. The zero-order chi connectivity index (χ0) is 28.4. The van der Waals surface area contributed by atoms with Crippen molar-refractivity contribution in [3.8, 4) is 11.1 Å². The third kappa shape index (κ3) is 5.47. The minimum absolute atomic E-state index is 0.0250. The van der Waals surface area contributed by atoms with Crippen molar-refractivity contribution in [1.82, 2.24) is 19.0 Å². The summed E-state index contributed by atoms with van der Waals surface area (Å²) in [6.07, 6.45) is 7.85. The molecular formula is C32H36N6O2. The number of amidine groups is 1. The molecule has 5 rings (SSSR count). The number of nitrogens with two attached hydrogens (primary N) is 1. The SMILES string of the molecule is CCCN(CCC)C(=O)C1=Cc2ccc(-c3ccc4c(=O)n(Cc5nc(C)cn5C)ccc4c3)cc2N=C(N)C1. The number of benzene rings is 2. The van der Waals surface area contributed by atoms with Crippen LogP contribution >= 0.6 is 0 Å². The topological polar surface area (TPSA) is 98.5 Å². The van der Waals surface area contributed by atoms with Gasteiger partial charge in [-0.25, -0.2) is 9.98 Å². The van der Waals surface area contributed by atoms with E-state index < -0.39 is 0 Å². The first-order valence-corrected chi connectivity index (χ1v) is 13.9.